The molecule has 5 heteroatoms. The summed E-state index contributed by atoms with van der Waals surface area (Å²) in [5, 5.41) is 0.472. The minimum atomic E-state index is -0.342. The van der Waals surface area contributed by atoms with Crippen molar-refractivity contribution in [3.05, 3.63) is 117 Å². The Morgan fingerprint density at radius 2 is 1.63 bits per heavy atom. The van der Waals surface area contributed by atoms with Gasteiger partial charge in [-0.25, -0.2) is 4.39 Å². The third-order valence-corrected chi connectivity index (χ3v) is 4.99. The second-order valence-electron chi connectivity index (χ2n) is 7.24. The van der Waals surface area contributed by atoms with Gasteiger partial charge in [0.25, 0.3) is 5.91 Å². The number of benzene rings is 3. The van der Waals surface area contributed by atoms with Crippen molar-refractivity contribution in [3.63, 3.8) is 0 Å². The molecule has 1 amide bonds. The molecule has 3 aromatic carbocycles. The van der Waals surface area contributed by atoms with Crippen molar-refractivity contribution in [1.82, 2.24) is 4.90 Å². The second-order valence-corrected chi connectivity index (χ2v) is 7.24. The average Bonchev–Trinajstić information content (AvgIpc) is 2.77. The average molecular weight is 401 g/mol. The van der Waals surface area contributed by atoms with Crippen molar-refractivity contribution >= 4 is 16.9 Å². The van der Waals surface area contributed by atoms with E-state index in [2.05, 4.69) is 0 Å². The zero-order chi connectivity index (χ0) is 21.1. The summed E-state index contributed by atoms with van der Waals surface area (Å²) in [6.07, 6.45) is 1.41. The molecule has 0 aliphatic rings. The molecule has 0 fully saturated rings. The largest absolute Gasteiger partial charge is 0.464 e. The van der Waals surface area contributed by atoms with Gasteiger partial charge in [0.15, 0.2) is 5.43 Å². The number of halogens is 1. The second kappa shape index (κ2) is 8.33. The lowest BCUT2D eigenvalue weighted by Crippen LogP contribution is -2.32. The number of aryl methyl sites for hydroxylation is 1. The third kappa shape index (κ3) is 4.15. The predicted molar refractivity (Wildman–Crippen MR) is 114 cm³/mol. The van der Waals surface area contributed by atoms with Crippen LogP contribution in [0.5, 0.6) is 0 Å². The highest BCUT2D eigenvalue weighted by Gasteiger charge is 2.19. The maximum absolute atomic E-state index is 13.3. The summed E-state index contributed by atoms with van der Waals surface area (Å²) in [7, 11) is 0. The maximum atomic E-state index is 13.3. The number of fused-ring (bicyclic) bond motifs is 1. The maximum Gasteiger partial charge on any atom is 0.254 e. The van der Waals surface area contributed by atoms with Gasteiger partial charge in [-0.3, -0.25) is 9.59 Å². The topological polar surface area (TPSA) is 50.5 Å². The number of carbonyl (C=O) groups is 1. The zero-order valence-electron chi connectivity index (χ0n) is 16.5. The molecule has 0 atom stereocenters. The summed E-state index contributed by atoms with van der Waals surface area (Å²) in [6.45, 7) is 2.27. The molecule has 4 aromatic rings. The van der Waals surface area contributed by atoms with Crippen LogP contribution in [0.25, 0.3) is 11.0 Å². The first-order valence-electron chi connectivity index (χ1n) is 9.61. The van der Waals surface area contributed by atoms with Crippen LogP contribution in [0.3, 0.4) is 0 Å². The van der Waals surface area contributed by atoms with Gasteiger partial charge >= 0.3 is 0 Å². The van der Waals surface area contributed by atoms with Crippen LogP contribution in [0, 0.1) is 12.7 Å². The highest BCUT2D eigenvalue weighted by Crippen LogP contribution is 2.17. The normalized spacial score (nSPS) is 10.9. The number of nitrogens with zero attached hydrogens (tertiary/aromatic N) is 1. The van der Waals surface area contributed by atoms with E-state index in [-0.39, 0.29) is 30.2 Å². The van der Waals surface area contributed by atoms with Crippen LogP contribution >= 0.6 is 0 Å². The van der Waals surface area contributed by atoms with Crippen LogP contribution in [0.2, 0.25) is 0 Å². The van der Waals surface area contributed by atoms with E-state index in [1.54, 1.807) is 53.4 Å². The number of para-hydroxylation sites is 1. The first-order chi connectivity index (χ1) is 14.5. The van der Waals surface area contributed by atoms with Crippen LogP contribution in [0.15, 0.2) is 88.3 Å². The van der Waals surface area contributed by atoms with E-state index in [1.807, 2.05) is 19.1 Å². The van der Waals surface area contributed by atoms with Gasteiger partial charge in [-0.05, 0) is 48.9 Å². The molecule has 150 valence electrons. The van der Waals surface area contributed by atoms with Gasteiger partial charge in [0.2, 0.25) is 0 Å². The van der Waals surface area contributed by atoms with Gasteiger partial charge in [0.05, 0.1) is 23.8 Å². The van der Waals surface area contributed by atoms with Crippen molar-refractivity contribution in [2.24, 2.45) is 0 Å². The smallest absolute Gasteiger partial charge is 0.254 e. The molecule has 0 radical (unpaired) electrons. The summed E-state index contributed by atoms with van der Waals surface area (Å²) in [5.41, 5.74) is 3.05. The fraction of sp³-hybridized carbons (Fsp3) is 0.120. The quantitative estimate of drug-likeness (QED) is 0.468. The first kappa shape index (κ1) is 19.6. The van der Waals surface area contributed by atoms with Crippen LogP contribution in [-0.2, 0) is 13.1 Å². The van der Waals surface area contributed by atoms with Gasteiger partial charge < -0.3 is 9.32 Å². The zero-order valence-corrected chi connectivity index (χ0v) is 16.5. The standard InChI is InChI=1S/C25H20FNO3/c1-17-6-10-19(11-7-17)25(29)27(14-18-8-12-21(26)13-9-18)15-20-16-30-23-5-3-2-4-22(23)24(20)28/h2-13,16H,14-15H2,1H3. The Hall–Kier alpha value is -3.73. The van der Waals surface area contributed by atoms with Crippen LogP contribution < -0.4 is 5.43 Å². The van der Waals surface area contributed by atoms with Gasteiger partial charge in [0, 0.05) is 12.1 Å². The van der Waals surface area contributed by atoms with E-state index >= 15 is 0 Å². The lowest BCUT2D eigenvalue weighted by atomic mass is 10.1. The molecule has 0 saturated carbocycles. The highest BCUT2D eigenvalue weighted by atomic mass is 19.1. The summed E-state index contributed by atoms with van der Waals surface area (Å²) in [6, 6.07) is 20.2. The molecule has 0 aliphatic carbocycles. The fourth-order valence-electron chi connectivity index (χ4n) is 3.32. The Balaban J connectivity index is 1.70. The molecule has 1 aromatic heterocycles. The number of amides is 1. The molecule has 30 heavy (non-hydrogen) atoms. The molecular formula is C25H20FNO3. The molecule has 0 N–H and O–H groups in total. The summed E-state index contributed by atoms with van der Waals surface area (Å²) in [4.78, 5) is 27.7. The lowest BCUT2D eigenvalue weighted by molar-refractivity contribution is 0.0729. The molecule has 0 aliphatic heterocycles. The molecule has 4 rings (SSSR count). The van der Waals surface area contributed by atoms with Crippen LogP contribution in [-0.4, -0.2) is 10.8 Å². The Bertz CT molecular complexity index is 1240. The van der Waals surface area contributed by atoms with Crippen molar-refractivity contribution in [2.45, 2.75) is 20.0 Å². The van der Waals surface area contributed by atoms with Gasteiger partial charge in [-0.1, -0.05) is 42.0 Å². The molecule has 1 heterocycles. The van der Waals surface area contributed by atoms with E-state index in [0.29, 0.717) is 22.1 Å². The number of hydrogen-bond donors (Lipinski definition) is 0. The predicted octanol–water partition coefficient (Wildman–Crippen LogP) is 5.08. The Morgan fingerprint density at radius 1 is 0.933 bits per heavy atom. The van der Waals surface area contributed by atoms with Crippen molar-refractivity contribution in [2.75, 3.05) is 0 Å². The Labute approximate surface area is 173 Å². The van der Waals surface area contributed by atoms with Crippen molar-refractivity contribution < 1.29 is 13.6 Å². The van der Waals surface area contributed by atoms with E-state index < -0.39 is 0 Å². The van der Waals surface area contributed by atoms with E-state index in [1.165, 1.54) is 18.4 Å². The van der Waals surface area contributed by atoms with Gasteiger partial charge in [0.1, 0.15) is 11.4 Å². The van der Waals surface area contributed by atoms with E-state index in [0.717, 1.165) is 11.1 Å². The molecule has 4 nitrogen and oxygen atoms in total. The minimum Gasteiger partial charge on any atom is -0.464 e. The van der Waals surface area contributed by atoms with Gasteiger partial charge in [-0.2, -0.15) is 0 Å². The summed E-state index contributed by atoms with van der Waals surface area (Å²) in [5.74, 6) is -0.558. The Morgan fingerprint density at radius 3 is 2.37 bits per heavy atom. The monoisotopic (exact) mass is 401 g/mol. The number of rotatable bonds is 5. The highest BCUT2D eigenvalue weighted by molar-refractivity contribution is 5.94. The first-order valence-corrected chi connectivity index (χ1v) is 9.61. The molecular weight excluding hydrogens is 381 g/mol. The SMILES string of the molecule is Cc1ccc(C(=O)N(Cc2ccc(F)cc2)Cc2coc3ccccc3c2=O)cc1. The third-order valence-electron chi connectivity index (χ3n) is 4.99. The molecule has 0 unspecified atom stereocenters. The number of carbonyl (C=O) groups excluding carboxylic acids is 1. The summed E-state index contributed by atoms with van der Waals surface area (Å²) < 4.78 is 18.9. The van der Waals surface area contributed by atoms with Crippen molar-refractivity contribution in [1.29, 1.82) is 0 Å². The van der Waals surface area contributed by atoms with Gasteiger partial charge in [-0.15, -0.1) is 0 Å². The fourth-order valence-corrected chi connectivity index (χ4v) is 3.32. The lowest BCUT2D eigenvalue weighted by Gasteiger charge is -2.23. The van der Waals surface area contributed by atoms with E-state index in [9.17, 15) is 14.0 Å². The minimum absolute atomic E-state index is 0.0806. The number of hydrogen-bond acceptors (Lipinski definition) is 3. The van der Waals surface area contributed by atoms with Crippen LogP contribution in [0.1, 0.15) is 27.0 Å². The van der Waals surface area contributed by atoms with Crippen LogP contribution in [0.4, 0.5) is 4.39 Å². The molecule has 0 saturated heterocycles. The Kier molecular flexibility index (Phi) is 5.44. The molecule has 0 spiro atoms. The van der Waals surface area contributed by atoms with E-state index in [4.69, 9.17) is 4.42 Å². The summed E-state index contributed by atoms with van der Waals surface area (Å²) >= 11 is 0. The molecule has 0 bridgehead atoms. The van der Waals surface area contributed by atoms with Crippen molar-refractivity contribution in [3.8, 4) is 0 Å².